The standard InChI is InChI=1S/C23H30N4O4/c28-20-10-9-19(27(20)15-16-5-2-1-3-6-16)21(29)22(30)24-18-11-13-26(14-12-18)23(31)25-17-7-4-8-17/h1-3,5-6,17-19H,4,7-15H2,(H,24,30)(H,25,31)/t19-/m1/s1. The molecule has 4 amide bonds. The molecule has 8 heteroatoms. The van der Waals surface area contributed by atoms with Crippen LogP contribution in [0.25, 0.3) is 0 Å². The highest BCUT2D eigenvalue weighted by Crippen LogP contribution is 2.23. The fourth-order valence-corrected chi connectivity index (χ4v) is 4.44. The quantitative estimate of drug-likeness (QED) is 0.675. The number of likely N-dealkylation sites (tertiary alicyclic amines) is 2. The first-order valence-electron chi connectivity index (χ1n) is 11.2. The van der Waals surface area contributed by atoms with E-state index in [0.29, 0.717) is 44.9 Å². The summed E-state index contributed by atoms with van der Waals surface area (Å²) < 4.78 is 0. The van der Waals surface area contributed by atoms with Gasteiger partial charge in [0.05, 0.1) is 0 Å². The van der Waals surface area contributed by atoms with Gasteiger partial charge in [0.25, 0.3) is 5.91 Å². The van der Waals surface area contributed by atoms with Crippen LogP contribution in [0.1, 0.15) is 50.5 Å². The van der Waals surface area contributed by atoms with Crippen LogP contribution in [-0.2, 0) is 20.9 Å². The van der Waals surface area contributed by atoms with Crippen molar-refractivity contribution in [1.29, 1.82) is 0 Å². The number of ketones is 1. The van der Waals surface area contributed by atoms with E-state index in [0.717, 1.165) is 18.4 Å². The number of nitrogens with zero attached hydrogens (tertiary/aromatic N) is 2. The Hall–Kier alpha value is -2.90. The Kier molecular flexibility index (Phi) is 6.53. The number of piperidine rings is 1. The number of carbonyl (C=O) groups is 4. The highest BCUT2D eigenvalue weighted by Gasteiger charge is 2.39. The van der Waals surface area contributed by atoms with Crippen molar-refractivity contribution in [2.75, 3.05) is 13.1 Å². The van der Waals surface area contributed by atoms with Crippen LogP contribution in [0.3, 0.4) is 0 Å². The molecule has 3 fully saturated rings. The first-order chi connectivity index (χ1) is 15.0. The Labute approximate surface area is 182 Å². The molecule has 0 bridgehead atoms. The molecule has 2 aliphatic heterocycles. The molecule has 0 unspecified atom stereocenters. The van der Waals surface area contributed by atoms with E-state index >= 15 is 0 Å². The Morgan fingerprint density at radius 2 is 1.58 bits per heavy atom. The maximum atomic E-state index is 12.8. The summed E-state index contributed by atoms with van der Waals surface area (Å²) >= 11 is 0. The van der Waals surface area contributed by atoms with Crippen molar-refractivity contribution in [2.45, 2.75) is 69.6 Å². The van der Waals surface area contributed by atoms with E-state index in [1.165, 1.54) is 11.3 Å². The lowest BCUT2D eigenvalue weighted by molar-refractivity contribution is -0.143. The van der Waals surface area contributed by atoms with E-state index in [9.17, 15) is 19.2 Å². The molecule has 1 saturated carbocycles. The molecule has 0 radical (unpaired) electrons. The zero-order chi connectivity index (χ0) is 21.8. The smallest absolute Gasteiger partial charge is 0.317 e. The van der Waals surface area contributed by atoms with Crippen LogP contribution in [0.2, 0.25) is 0 Å². The van der Waals surface area contributed by atoms with Gasteiger partial charge in [-0.15, -0.1) is 0 Å². The summed E-state index contributed by atoms with van der Waals surface area (Å²) in [5.41, 5.74) is 0.934. The van der Waals surface area contributed by atoms with Crippen molar-refractivity contribution in [1.82, 2.24) is 20.4 Å². The summed E-state index contributed by atoms with van der Waals surface area (Å²) in [5.74, 6) is -1.28. The van der Waals surface area contributed by atoms with E-state index in [-0.39, 0.29) is 24.4 Å². The third-order valence-electron chi connectivity index (χ3n) is 6.60. The Morgan fingerprint density at radius 1 is 0.903 bits per heavy atom. The van der Waals surface area contributed by atoms with Crippen LogP contribution in [0.15, 0.2) is 30.3 Å². The van der Waals surface area contributed by atoms with Gasteiger partial charge in [0.2, 0.25) is 11.7 Å². The van der Waals surface area contributed by atoms with Crippen molar-refractivity contribution in [3.8, 4) is 0 Å². The van der Waals surface area contributed by atoms with Crippen molar-refractivity contribution < 1.29 is 19.2 Å². The number of rotatable bonds is 6. The van der Waals surface area contributed by atoms with Gasteiger partial charge in [-0.2, -0.15) is 0 Å². The van der Waals surface area contributed by atoms with Gasteiger partial charge < -0.3 is 20.4 Å². The van der Waals surface area contributed by atoms with Crippen LogP contribution >= 0.6 is 0 Å². The lowest BCUT2D eigenvalue weighted by Crippen LogP contribution is -2.54. The summed E-state index contributed by atoms with van der Waals surface area (Å²) in [7, 11) is 0. The number of carbonyl (C=O) groups excluding carboxylic acids is 4. The summed E-state index contributed by atoms with van der Waals surface area (Å²) in [5, 5.41) is 5.87. The van der Waals surface area contributed by atoms with E-state index in [1.807, 2.05) is 30.3 Å². The molecule has 2 heterocycles. The Balaban J connectivity index is 1.26. The van der Waals surface area contributed by atoms with Crippen LogP contribution < -0.4 is 10.6 Å². The fraction of sp³-hybridized carbons (Fsp3) is 0.565. The predicted molar refractivity (Wildman–Crippen MR) is 114 cm³/mol. The van der Waals surface area contributed by atoms with Crippen LogP contribution in [-0.4, -0.2) is 64.6 Å². The number of hydrogen-bond donors (Lipinski definition) is 2. The molecule has 31 heavy (non-hydrogen) atoms. The lowest BCUT2D eigenvalue weighted by atomic mass is 9.93. The maximum Gasteiger partial charge on any atom is 0.317 e. The van der Waals surface area contributed by atoms with Gasteiger partial charge in [0, 0.05) is 38.1 Å². The Bertz CT molecular complexity index is 831. The number of Topliss-reactive ketones (excluding diaryl/α,β-unsaturated/α-hetero) is 1. The number of hydrogen-bond acceptors (Lipinski definition) is 4. The van der Waals surface area contributed by atoms with E-state index < -0.39 is 17.7 Å². The zero-order valence-electron chi connectivity index (χ0n) is 17.7. The topological polar surface area (TPSA) is 98.8 Å². The molecule has 4 rings (SSSR count). The molecule has 2 saturated heterocycles. The minimum atomic E-state index is -0.707. The van der Waals surface area contributed by atoms with Crippen LogP contribution in [0, 0.1) is 0 Å². The van der Waals surface area contributed by atoms with Crippen LogP contribution in [0.4, 0.5) is 4.79 Å². The van der Waals surface area contributed by atoms with Crippen molar-refractivity contribution in [3.05, 3.63) is 35.9 Å². The SMILES string of the molecule is O=C(NC1CCN(C(=O)NC2CCC2)CC1)C(=O)[C@H]1CCC(=O)N1Cc1ccccc1. The highest BCUT2D eigenvalue weighted by molar-refractivity contribution is 6.38. The summed E-state index contributed by atoms with van der Waals surface area (Å²) in [6.45, 7) is 1.44. The van der Waals surface area contributed by atoms with Gasteiger partial charge in [-0.25, -0.2) is 4.79 Å². The second kappa shape index (κ2) is 9.49. The number of nitrogens with one attached hydrogen (secondary N) is 2. The average Bonchev–Trinajstić information content (AvgIpc) is 3.11. The second-order valence-corrected chi connectivity index (χ2v) is 8.74. The summed E-state index contributed by atoms with van der Waals surface area (Å²) in [6.07, 6.45) is 5.16. The third-order valence-corrected chi connectivity index (χ3v) is 6.60. The predicted octanol–water partition coefficient (Wildman–Crippen LogP) is 1.59. The van der Waals surface area contributed by atoms with Crippen molar-refractivity contribution in [3.63, 3.8) is 0 Å². The molecule has 8 nitrogen and oxygen atoms in total. The first kappa shape index (κ1) is 21.3. The molecular formula is C23H30N4O4. The number of benzene rings is 1. The number of amides is 4. The molecule has 0 spiro atoms. The first-order valence-corrected chi connectivity index (χ1v) is 11.2. The van der Waals surface area contributed by atoms with Gasteiger partial charge in [-0.3, -0.25) is 14.4 Å². The van der Waals surface area contributed by atoms with Gasteiger partial charge in [0.15, 0.2) is 0 Å². The zero-order valence-corrected chi connectivity index (χ0v) is 17.7. The minimum absolute atomic E-state index is 0.0356. The van der Waals surface area contributed by atoms with Gasteiger partial charge in [-0.1, -0.05) is 30.3 Å². The molecule has 166 valence electrons. The van der Waals surface area contributed by atoms with E-state index in [4.69, 9.17) is 0 Å². The molecule has 1 aromatic carbocycles. The van der Waals surface area contributed by atoms with Gasteiger partial charge in [0.1, 0.15) is 6.04 Å². The minimum Gasteiger partial charge on any atom is -0.347 e. The summed E-state index contributed by atoms with van der Waals surface area (Å²) in [6, 6.07) is 8.90. The van der Waals surface area contributed by atoms with Crippen molar-refractivity contribution in [2.24, 2.45) is 0 Å². The molecule has 2 N–H and O–H groups in total. The molecule has 1 atom stereocenters. The molecule has 3 aliphatic rings. The summed E-state index contributed by atoms with van der Waals surface area (Å²) in [4.78, 5) is 53.3. The largest absolute Gasteiger partial charge is 0.347 e. The maximum absolute atomic E-state index is 12.8. The molecule has 1 aromatic rings. The molecule has 0 aromatic heterocycles. The number of urea groups is 1. The molecular weight excluding hydrogens is 396 g/mol. The normalized spacial score (nSPS) is 22.2. The average molecular weight is 427 g/mol. The van der Waals surface area contributed by atoms with E-state index in [1.54, 1.807) is 4.90 Å². The Morgan fingerprint density at radius 3 is 2.23 bits per heavy atom. The van der Waals surface area contributed by atoms with Gasteiger partial charge in [-0.05, 0) is 44.1 Å². The van der Waals surface area contributed by atoms with E-state index in [2.05, 4.69) is 10.6 Å². The lowest BCUT2D eigenvalue weighted by Gasteiger charge is -2.35. The monoisotopic (exact) mass is 426 g/mol. The van der Waals surface area contributed by atoms with Crippen molar-refractivity contribution >= 4 is 23.6 Å². The molecule has 1 aliphatic carbocycles. The second-order valence-electron chi connectivity index (χ2n) is 8.74. The van der Waals surface area contributed by atoms with Gasteiger partial charge >= 0.3 is 6.03 Å². The fourth-order valence-electron chi connectivity index (χ4n) is 4.44. The van der Waals surface area contributed by atoms with Crippen LogP contribution in [0.5, 0.6) is 0 Å². The highest BCUT2D eigenvalue weighted by atomic mass is 16.2. The third kappa shape index (κ3) is 5.06.